The van der Waals surface area contributed by atoms with E-state index in [2.05, 4.69) is 43.3 Å². The highest BCUT2D eigenvalue weighted by atomic mass is 127. The molecule has 8 heteroatoms. The molecule has 0 bridgehead atoms. The summed E-state index contributed by atoms with van der Waals surface area (Å²) >= 11 is 1.51. The van der Waals surface area contributed by atoms with Crippen LogP contribution in [-0.2, 0) is 6.42 Å². The molecule has 1 aromatic heterocycles. The van der Waals surface area contributed by atoms with Crippen LogP contribution in [-0.4, -0.2) is 60.0 Å². The SMILES string of the molecule is CCCCNC(=NC)N1CCN(c2nc(CC)ns2)CC1.I. The number of nitrogens with zero attached hydrogens (tertiary/aromatic N) is 5. The number of piperazine rings is 1. The van der Waals surface area contributed by atoms with Gasteiger partial charge in [-0.1, -0.05) is 20.3 Å². The van der Waals surface area contributed by atoms with Crippen LogP contribution in [0.3, 0.4) is 0 Å². The van der Waals surface area contributed by atoms with Gasteiger partial charge < -0.3 is 15.1 Å². The van der Waals surface area contributed by atoms with E-state index in [0.717, 1.165) is 56.1 Å². The summed E-state index contributed by atoms with van der Waals surface area (Å²) in [6.07, 6.45) is 3.29. The molecule has 1 aromatic rings. The van der Waals surface area contributed by atoms with Gasteiger partial charge in [0.05, 0.1) is 0 Å². The Kier molecular flexibility index (Phi) is 8.99. The van der Waals surface area contributed by atoms with Crippen LogP contribution in [0.25, 0.3) is 0 Å². The minimum Gasteiger partial charge on any atom is -0.356 e. The maximum Gasteiger partial charge on any atom is 0.205 e. The van der Waals surface area contributed by atoms with E-state index in [-0.39, 0.29) is 24.0 Å². The third-order valence-corrected chi connectivity index (χ3v) is 4.46. The van der Waals surface area contributed by atoms with Crippen molar-refractivity contribution in [2.45, 2.75) is 33.1 Å². The lowest BCUT2D eigenvalue weighted by molar-refractivity contribution is 0.372. The Labute approximate surface area is 154 Å². The zero-order chi connectivity index (χ0) is 15.1. The number of guanidine groups is 1. The summed E-state index contributed by atoms with van der Waals surface area (Å²) in [6.45, 7) is 9.21. The van der Waals surface area contributed by atoms with Crippen LogP contribution in [0.4, 0.5) is 5.13 Å². The summed E-state index contributed by atoms with van der Waals surface area (Å²) < 4.78 is 4.37. The third kappa shape index (κ3) is 5.22. The summed E-state index contributed by atoms with van der Waals surface area (Å²) in [5.74, 6) is 1.98. The third-order valence-electron chi connectivity index (χ3n) is 3.65. The van der Waals surface area contributed by atoms with Crippen LogP contribution in [0.15, 0.2) is 4.99 Å². The van der Waals surface area contributed by atoms with Gasteiger partial charge in [-0.05, 0) is 6.42 Å². The van der Waals surface area contributed by atoms with Crippen LogP contribution in [0, 0.1) is 0 Å². The zero-order valence-electron chi connectivity index (χ0n) is 13.7. The number of aromatic nitrogens is 2. The van der Waals surface area contributed by atoms with Gasteiger partial charge in [0.15, 0.2) is 5.96 Å². The summed E-state index contributed by atoms with van der Waals surface area (Å²) in [5, 5.41) is 4.50. The highest BCUT2D eigenvalue weighted by molar-refractivity contribution is 14.0. The molecule has 1 aliphatic heterocycles. The van der Waals surface area contributed by atoms with Crippen molar-refractivity contribution in [3.8, 4) is 0 Å². The van der Waals surface area contributed by atoms with Crippen molar-refractivity contribution in [2.24, 2.45) is 4.99 Å². The largest absolute Gasteiger partial charge is 0.356 e. The average Bonchev–Trinajstić information content (AvgIpc) is 3.01. The fourth-order valence-electron chi connectivity index (χ4n) is 2.34. The molecule has 0 aromatic carbocycles. The molecule has 126 valence electrons. The predicted molar refractivity (Wildman–Crippen MR) is 105 cm³/mol. The molecule has 0 aliphatic carbocycles. The molecule has 22 heavy (non-hydrogen) atoms. The molecular weight excluding hydrogens is 411 g/mol. The van der Waals surface area contributed by atoms with E-state index in [0.29, 0.717) is 0 Å². The lowest BCUT2D eigenvalue weighted by atomic mass is 10.3. The molecule has 2 rings (SSSR count). The van der Waals surface area contributed by atoms with Crippen molar-refractivity contribution in [3.63, 3.8) is 0 Å². The molecule has 0 saturated carbocycles. The van der Waals surface area contributed by atoms with Crippen LogP contribution < -0.4 is 10.2 Å². The van der Waals surface area contributed by atoms with Gasteiger partial charge in [-0.3, -0.25) is 4.99 Å². The minimum atomic E-state index is 0. The Balaban J connectivity index is 0.00000242. The van der Waals surface area contributed by atoms with Gasteiger partial charge >= 0.3 is 0 Å². The second-order valence-corrected chi connectivity index (χ2v) is 5.88. The number of aliphatic imine (C=N–C) groups is 1. The summed E-state index contributed by atoms with van der Waals surface area (Å²) in [6, 6.07) is 0. The standard InChI is InChI=1S/C14H26N6S.HI/c1-4-6-7-16-13(15-3)19-8-10-20(11-9-19)14-17-12(5-2)18-21-14;/h4-11H2,1-3H3,(H,15,16);1H. The lowest BCUT2D eigenvalue weighted by Gasteiger charge is -2.36. The molecule has 0 atom stereocenters. The Morgan fingerprint density at radius 3 is 2.55 bits per heavy atom. The fraction of sp³-hybridized carbons (Fsp3) is 0.786. The number of halogens is 1. The van der Waals surface area contributed by atoms with E-state index in [1.54, 1.807) is 0 Å². The molecule has 0 unspecified atom stereocenters. The number of unbranched alkanes of at least 4 members (excludes halogenated alkanes) is 1. The highest BCUT2D eigenvalue weighted by Crippen LogP contribution is 2.19. The monoisotopic (exact) mass is 438 g/mol. The molecule has 0 radical (unpaired) electrons. The second-order valence-electron chi connectivity index (χ2n) is 5.15. The van der Waals surface area contributed by atoms with Gasteiger partial charge in [0.25, 0.3) is 0 Å². The van der Waals surface area contributed by atoms with E-state index in [9.17, 15) is 0 Å². The molecule has 6 nitrogen and oxygen atoms in total. The Hall–Kier alpha value is -0.640. The van der Waals surface area contributed by atoms with Crippen LogP contribution >= 0.6 is 35.5 Å². The van der Waals surface area contributed by atoms with E-state index >= 15 is 0 Å². The van der Waals surface area contributed by atoms with Crippen molar-refractivity contribution in [2.75, 3.05) is 44.7 Å². The first-order chi connectivity index (χ1) is 10.3. The van der Waals surface area contributed by atoms with Crippen LogP contribution in [0.5, 0.6) is 0 Å². The Morgan fingerprint density at radius 2 is 2.00 bits per heavy atom. The van der Waals surface area contributed by atoms with Gasteiger partial charge in [0.1, 0.15) is 5.82 Å². The lowest BCUT2D eigenvalue weighted by Crippen LogP contribution is -2.52. The quantitative estimate of drug-likeness (QED) is 0.331. The minimum absolute atomic E-state index is 0. The number of hydrogen-bond donors (Lipinski definition) is 1. The van der Waals surface area contributed by atoms with E-state index in [4.69, 9.17) is 0 Å². The van der Waals surface area contributed by atoms with E-state index in [1.807, 2.05) is 7.05 Å². The Bertz CT molecular complexity index is 456. The molecule has 0 spiro atoms. The summed E-state index contributed by atoms with van der Waals surface area (Å²) in [5.41, 5.74) is 0. The number of aryl methyl sites for hydroxylation is 1. The van der Waals surface area contributed by atoms with Crippen molar-refractivity contribution in [3.05, 3.63) is 5.82 Å². The molecule has 1 N–H and O–H groups in total. The van der Waals surface area contributed by atoms with E-state index in [1.165, 1.54) is 24.4 Å². The number of nitrogens with one attached hydrogen (secondary N) is 1. The molecular formula is C14H27IN6S. The molecule has 1 aliphatic rings. The smallest absolute Gasteiger partial charge is 0.205 e. The van der Waals surface area contributed by atoms with Gasteiger partial charge in [0.2, 0.25) is 5.13 Å². The van der Waals surface area contributed by atoms with Crippen molar-refractivity contribution in [1.82, 2.24) is 19.6 Å². The van der Waals surface area contributed by atoms with Crippen LogP contribution in [0.1, 0.15) is 32.5 Å². The Morgan fingerprint density at radius 1 is 1.27 bits per heavy atom. The summed E-state index contributed by atoms with van der Waals surface area (Å²) in [4.78, 5) is 13.6. The first kappa shape index (κ1) is 19.4. The van der Waals surface area contributed by atoms with Gasteiger partial charge in [-0.15, -0.1) is 24.0 Å². The second kappa shape index (κ2) is 10.2. The first-order valence-electron chi connectivity index (χ1n) is 7.81. The average molecular weight is 438 g/mol. The maximum atomic E-state index is 4.57. The molecule has 1 fully saturated rings. The number of hydrogen-bond acceptors (Lipinski definition) is 5. The fourth-order valence-corrected chi connectivity index (χ4v) is 3.14. The number of rotatable bonds is 5. The zero-order valence-corrected chi connectivity index (χ0v) is 16.9. The summed E-state index contributed by atoms with van der Waals surface area (Å²) in [7, 11) is 1.86. The van der Waals surface area contributed by atoms with Crippen molar-refractivity contribution < 1.29 is 0 Å². The predicted octanol–water partition coefficient (Wildman–Crippen LogP) is 2.22. The van der Waals surface area contributed by atoms with Gasteiger partial charge in [0, 0.05) is 57.7 Å². The normalized spacial score (nSPS) is 15.7. The molecule has 0 amide bonds. The topological polar surface area (TPSA) is 56.7 Å². The van der Waals surface area contributed by atoms with Gasteiger partial charge in [-0.2, -0.15) is 4.37 Å². The first-order valence-corrected chi connectivity index (χ1v) is 8.59. The van der Waals surface area contributed by atoms with Gasteiger partial charge in [-0.25, -0.2) is 4.98 Å². The van der Waals surface area contributed by atoms with Crippen molar-refractivity contribution in [1.29, 1.82) is 0 Å². The molecule has 2 heterocycles. The maximum absolute atomic E-state index is 4.57. The van der Waals surface area contributed by atoms with E-state index < -0.39 is 0 Å². The van der Waals surface area contributed by atoms with Crippen LogP contribution in [0.2, 0.25) is 0 Å². The molecule has 1 saturated heterocycles. The highest BCUT2D eigenvalue weighted by Gasteiger charge is 2.21. The van der Waals surface area contributed by atoms with Crippen molar-refractivity contribution >= 4 is 46.6 Å². The number of anilines is 1.